The Kier molecular flexibility index (Phi) is 7.77. The van der Waals surface area contributed by atoms with Gasteiger partial charge in [-0.25, -0.2) is 9.67 Å². The Hall–Kier alpha value is -4.73. The average Bonchev–Trinajstić information content (AvgIpc) is 3.38. The quantitative estimate of drug-likeness (QED) is 0.334. The van der Waals surface area contributed by atoms with Gasteiger partial charge in [0.2, 0.25) is 11.6 Å². The number of hydrogen-bond acceptors (Lipinski definition) is 8. The molecule has 0 unspecified atom stereocenters. The van der Waals surface area contributed by atoms with E-state index in [1.165, 1.54) is 21.3 Å². The van der Waals surface area contributed by atoms with Crippen LogP contribution in [0.4, 0.5) is 5.69 Å². The molecule has 3 aromatic carbocycles. The lowest BCUT2D eigenvalue weighted by Gasteiger charge is -2.14. The van der Waals surface area contributed by atoms with Gasteiger partial charge >= 0.3 is 0 Å². The standard InChI is InChI=1S/C27H28N4O6/c1-6-37-20-12-10-19(11-13-20)31-26(17-14-22(34-3)24(36-5)23(15-17)35-4)29-25(30-31)27(32)28-18-8-7-9-21(16-18)33-2/h7-16H,6H2,1-5H3,(H,28,32). The normalized spacial score (nSPS) is 10.5. The molecule has 0 aliphatic rings. The van der Waals surface area contributed by atoms with Gasteiger partial charge in [0, 0.05) is 17.3 Å². The first kappa shape index (κ1) is 25.4. The molecule has 10 nitrogen and oxygen atoms in total. The molecule has 192 valence electrons. The summed E-state index contributed by atoms with van der Waals surface area (Å²) >= 11 is 0. The highest BCUT2D eigenvalue weighted by atomic mass is 16.5. The summed E-state index contributed by atoms with van der Waals surface area (Å²) in [5.41, 5.74) is 1.84. The van der Waals surface area contributed by atoms with Crippen LogP contribution < -0.4 is 29.0 Å². The van der Waals surface area contributed by atoms with Gasteiger partial charge in [-0.05, 0) is 55.5 Å². The van der Waals surface area contributed by atoms with Gasteiger partial charge in [-0.3, -0.25) is 4.79 Å². The van der Waals surface area contributed by atoms with Crippen LogP contribution in [0, 0.1) is 0 Å². The number of ether oxygens (including phenoxy) is 5. The number of hydrogen-bond donors (Lipinski definition) is 1. The summed E-state index contributed by atoms with van der Waals surface area (Å²) < 4.78 is 28.9. The molecular formula is C27H28N4O6. The first-order chi connectivity index (χ1) is 18.0. The Morgan fingerprint density at radius 1 is 0.865 bits per heavy atom. The third kappa shape index (κ3) is 5.43. The zero-order valence-electron chi connectivity index (χ0n) is 21.3. The van der Waals surface area contributed by atoms with Crippen molar-refractivity contribution in [3.63, 3.8) is 0 Å². The van der Waals surface area contributed by atoms with Crippen LogP contribution >= 0.6 is 0 Å². The molecule has 1 amide bonds. The zero-order valence-corrected chi connectivity index (χ0v) is 21.3. The minimum absolute atomic E-state index is 0.0274. The fourth-order valence-electron chi connectivity index (χ4n) is 3.72. The number of nitrogens with one attached hydrogen (secondary N) is 1. The third-order valence-corrected chi connectivity index (χ3v) is 5.45. The van der Waals surface area contributed by atoms with Crippen LogP contribution in [0.25, 0.3) is 17.1 Å². The van der Waals surface area contributed by atoms with E-state index in [4.69, 9.17) is 23.7 Å². The second-order valence-electron chi connectivity index (χ2n) is 7.70. The summed E-state index contributed by atoms with van der Waals surface area (Å²) in [7, 11) is 6.16. The van der Waals surface area contributed by atoms with Gasteiger partial charge in [0.05, 0.1) is 40.7 Å². The maximum Gasteiger partial charge on any atom is 0.295 e. The first-order valence-electron chi connectivity index (χ1n) is 11.5. The summed E-state index contributed by atoms with van der Waals surface area (Å²) in [5.74, 6) is 2.56. The predicted molar refractivity (Wildman–Crippen MR) is 139 cm³/mol. The van der Waals surface area contributed by atoms with Crippen molar-refractivity contribution in [3.05, 3.63) is 66.5 Å². The maximum absolute atomic E-state index is 13.1. The predicted octanol–water partition coefficient (Wildman–Crippen LogP) is 4.62. The van der Waals surface area contributed by atoms with Crippen molar-refractivity contribution in [2.45, 2.75) is 6.92 Å². The third-order valence-electron chi connectivity index (χ3n) is 5.45. The van der Waals surface area contributed by atoms with Crippen LogP contribution in [0.1, 0.15) is 17.5 Å². The molecule has 4 rings (SSSR count). The van der Waals surface area contributed by atoms with Crippen LogP contribution in [0.3, 0.4) is 0 Å². The number of anilines is 1. The highest BCUT2D eigenvalue weighted by molar-refractivity contribution is 6.02. The molecule has 10 heteroatoms. The fourth-order valence-corrected chi connectivity index (χ4v) is 3.72. The molecule has 0 aliphatic carbocycles. The maximum atomic E-state index is 13.1. The van der Waals surface area contributed by atoms with Gasteiger partial charge in [0.1, 0.15) is 11.5 Å². The van der Waals surface area contributed by atoms with Crippen LogP contribution in [-0.2, 0) is 0 Å². The molecule has 0 fully saturated rings. The second kappa shape index (κ2) is 11.3. The Morgan fingerprint density at radius 2 is 1.57 bits per heavy atom. The number of aromatic nitrogens is 3. The lowest BCUT2D eigenvalue weighted by molar-refractivity contribution is 0.101. The molecule has 4 aromatic rings. The largest absolute Gasteiger partial charge is 0.497 e. The molecule has 0 saturated carbocycles. The van der Waals surface area contributed by atoms with E-state index in [1.54, 1.807) is 48.2 Å². The lowest BCUT2D eigenvalue weighted by Crippen LogP contribution is -2.14. The molecule has 0 aliphatic heterocycles. The SMILES string of the molecule is CCOc1ccc(-n2nc(C(=O)Nc3cccc(OC)c3)nc2-c2cc(OC)c(OC)c(OC)c2)cc1. The minimum Gasteiger partial charge on any atom is -0.497 e. The van der Waals surface area contributed by atoms with Crippen molar-refractivity contribution < 1.29 is 28.5 Å². The number of nitrogens with zero attached hydrogens (tertiary/aromatic N) is 3. The molecule has 1 heterocycles. The van der Waals surface area contributed by atoms with Gasteiger partial charge in [-0.1, -0.05) is 6.07 Å². The number of carbonyl (C=O) groups excluding carboxylic acids is 1. The highest BCUT2D eigenvalue weighted by Crippen LogP contribution is 2.41. The fraction of sp³-hybridized carbons (Fsp3) is 0.222. The number of methoxy groups -OCH3 is 4. The lowest BCUT2D eigenvalue weighted by atomic mass is 10.1. The molecule has 37 heavy (non-hydrogen) atoms. The number of carbonyl (C=O) groups is 1. The van der Waals surface area contributed by atoms with E-state index in [0.717, 1.165) is 5.75 Å². The van der Waals surface area contributed by atoms with E-state index >= 15 is 0 Å². The van der Waals surface area contributed by atoms with E-state index in [0.29, 0.717) is 52.4 Å². The van der Waals surface area contributed by atoms with Crippen molar-refractivity contribution in [3.8, 4) is 45.8 Å². The van der Waals surface area contributed by atoms with E-state index in [2.05, 4.69) is 15.4 Å². The van der Waals surface area contributed by atoms with Crippen molar-refractivity contribution >= 4 is 11.6 Å². The monoisotopic (exact) mass is 504 g/mol. The zero-order chi connectivity index (χ0) is 26.4. The number of benzene rings is 3. The van der Waals surface area contributed by atoms with Crippen molar-refractivity contribution in [1.29, 1.82) is 0 Å². The van der Waals surface area contributed by atoms with Crippen LogP contribution in [0.2, 0.25) is 0 Å². The number of amides is 1. The highest BCUT2D eigenvalue weighted by Gasteiger charge is 2.22. The Bertz CT molecular complexity index is 1360. The van der Waals surface area contributed by atoms with Crippen LogP contribution in [0.15, 0.2) is 60.7 Å². The topological polar surface area (TPSA) is 106 Å². The van der Waals surface area contributed by atoms with Gasteiger partial charge in [0.15, 0.2) is 17.3 Å². The molecule has 0 atom stereocenters. The molecule has 0 bridgehead atoms. The molecular weight excluding hydrogens is 476 g/mol. The van der Waals surface area contributed by atoms with Gasteiger partial charge in [-0.2, -0.15) is 0 Å². The van der Waals surface area contributed by atoms with E-state index in [9.17, 15) is 4.79 Å². The Balaban J connectivity index is 1.81. The van der Waals surface area contributed by atoms with Gasteiger partial charge in [-0.15, -0.1) is 5.10 Å². The molecule has 0 radical (unpaired) electrons. The van der Waals surface area contributed by atoms with Crippen molar-refractivity contribution in [1.82, 2.24) is 14.8 Å². The summed E-state index contributed by atoms with van der Waals surface area (Å²) in [6.07, 6.45) is 0. The molecule has 0 saturated heterocycles. The summed E-state index contributed by atoms with van der Waals surface area (Å²) in [6.45, 7) is 2.47. The van der Waals surface area contributed by atoms with Crippen LogP contribution in [0.5, 0.6) is 28.7 Å². The number of rotatable bonds is 10. The summed E-state index contributed by atoms with van der Waals surface area (Å²) in [5, 5.41) is 7.35. The Morgan fingerprint density at radius 3 is 2.16 bits per heavy atom. The molecule has 0 spiro atoms. The van der Waals surface area contributed by atoms with Crippen molar-refractivity contribution in [2.24, 2.45) is 0 Å². The smallest absolute Gasteiger partial charge is 0.295 e. The first-order valence-corrected chi connectivity index (χ1v) is 11.5. The van der Waals surface area contributed by atoms with Gasteiger partial charge < -0.3 is 29.0 Å². The van der Waals surface area contributed by atoms with E-state index in [1.807, 2.05) is 31.2 Å². The summed E-state index contributed by atoms with van der Waals surface area (Å²) in [4.78, 5) is 17.7. The van der Waals surface area contributed by atoms with Crippen LogP contribution in [-0.4, -0.2) is 55.7 Å². The minimum atomic E-state index is -0.480. The van der Waals surface area contributed by atoms with E-state index < -0.39 is 5.91 Å². The molecule has 1 N–H and O–H groups in total. The Labute approximate surface area is 214 Å². The summed E-state index contributed by atoms with van der Waals surface area (Å²) in [6, 6.07) is 17.9. The van der Waals surface area contributed by atoms with Crippen molar-refractivity contribution in [2.75, 3.05) is 40.4 Å². The molecule has 1 aromatic heterocycles. The van der Waals surface area contributed by atoms with Gasteiger partial charge in [0.25, 0.3) is 5.91 Å². The van der Waals surface area contributed by atoms with E-state index in [-0.39, 0.29) is 5.82 Å². The average molecular weight is 505 g/mol. The second-order valence-corrected chi connectivity index (χ2v) is 7.70.